The summed E-state index contributed by atoms with van der Waals surface area (Å²) < 4.78 is 11.6. The summed E-state index contributed by atoms with van der Waals surface area (Å²) in [5.74, 6) is 1.99. The maximum Gasteiger partial charge on any atom is 0.231 e. The van der Waals surface area contributed by atoms with Gasteiger partial charge in [0, 0.05) is 4.88 Å². The van der Waals surface area contributed by atoms with Crippen molar-refractivity contribution in [3.8, 4) is 17.4 Å². The summed E-state index contributed by atoms with van der Waals surface area (Å²) in [6.07, 6.45) is 7.65. The maximum absolute atomic E-state index is 6.14. The molecule has 0 atom stereocenters. The first-order valence-electron chi connectivity index (χ1n) is 8.01. The number of aromatic nitrogens is 2. The Morgan fingerprint density at radius 2 is 2.17 bits per heavy atom. The zero-order valence-electron chi connectivity index (χ0n) is 13.5. The van der Waals surface area contributed by atoms with E-state index in [1.54, 1.807) is 24.8 Å². The van der Waals surface area contributed by atoms with E-state index in [1.165, 1.54) is 16.9 Å². The van der Waals surface area contributed by atoms with Crippen molar-refractivity contribution in [1.82, 2.24) is 9.97 Å². The molecular weight excluding hydrogens is 320 g/mol. The number of aryl methyl sites for hydroxylation is 2. The van der Waals surface area contributed by atoms with Gasteiger partial charge in [-0.3, -0.25) is 0 Å². The van der Waals surface area contributed by atoms with E-state index in [4.69, 9.17) is 9.47 Å². The minimum atomic E-state index is 0.620. The second-order valence-corrected chi connectivity index (χ2v) is 6.88. The van der Waals surface area contributed by atoms with Crippen molar-refractivity contribution in [3.63, 3.8) is 0 Å². The van der Waals surface area contributed by atoms with Crippen LogP contribution in [0.4, 0.5) is 0 Å². The zero-order chi connectivity index (χ0) is 16.5. The molecule has 0 radical (unpaired) electrons. The van der Waals surface area contributed by atoms with Gasteiger partial charge in [0.1, 0.15) is 11.2 Å². The van der Waals surface area contributed by atoms with Gasteiger partial charge in [-0.25, -0.2) is 9.97 Å². The fraction of sp³-hybridized carbons (Fsp3) is 0.263. The third-order valence-corrected chi connectivity index (χ3v) is 5.48. The van der Waals surface area contributed by atoms with Gasteiger partial charge in [0.2, 0.25) is 5.88 Å². The highest BCUT2D eigenvalue weighted by molar-refractivity contribution is 7.18. The summed E-state index contributed by atoms with van der Waals surface area (Å²) in [5.41, 5.74) is 2.49. The minimum Gasteiger partial charge on any atom is -0.493 e. The van der Waals surface area contributed by atoms with Crippen LogP contribution in [-0.4, -0.2) is 17.1 Å². The monoisotopic (exact) mass is 338 g/mol. The molecule has 2 heterocycles. The van der Waals surface area contributed by atoms with Crippen LogP contribution < -0.4 is 9.47 Å². The number of fused-ring (bicyclic) bond motifs is 3. The van der Waals surface area contributed by atoms with Gasteiger partial charge in [0.05, 0.1) is 12.5 Å². The molecule has 3 aromatic rings. The molecule has 0 unspecified atom stereocenters. The van der Waals surface area contributed by atoms with E-state index in [2.05, 4.69) is 16.5 Å². The number of ether oxygens (including phenoxy) is 2. The molecular formula is C19H18N2O2S. The molecule has 2 aromatic heterocycles. The predicted octanol–water partition coefficient (Wildman–Crippen LogP) is 4.71. The largest absolute Gasteiger partial charge is 0.493 e. The second kappa shape index (κ2) is 6.24. The molecule has 122 valence electrons. The molecule has 1 aliphatic rings. The van der Waals surface area contributed by atoms with Crippen LogP contribution in [0.25, 0.3) is 10.2 Å². The molecule has 1 aliphatic carbocycles. The molecule has 5 heteroatoms. The van der Waals surface area contributed by atoms with Crippen LogP contribution in [0.5, 0.6) is 17.4 Å². The smallest absolute Gasteiger partial charge is 0.231 e. The lowest BCUT2D eigenvalue weighted by Crippen LogP contribution is -1.95. The first-order chi connectivity index (χ1) is 11.8. The molecule has 4 rings (SSSR count). The normalized spacial score (nSPS) is 13.0. The van der Waals surface area contributed by atoms with Crippen molar-refractivity contribution in [2.45, 2.75) is 25.7 Å². The molecule has 0 bridgehead atoms. The SMILES string of the molecule is C=CCc1ccc(Oc2ncnc3sc4c(c23)CCC4)c(OC)c1. The lowest BCUT2D eigenvalue weighted by Gasteiger charge is -2.12. The van der Waals surface area contributed by atoms with E-state index in [9.17, 15) is 0 Å². The summed E-state index contributed by atoms with van der Waals surface area (Å²) in [6, 6.07) is 5.93. The lowest BCUT2D eigenvalue weighted by atomic mass is 10.1. The third-order valence-electron chi connectivity index (χ3n) is 4.28. The maximum atomic E-state index is 6.14. The van der Waals surface area contributed by atoms with Gasteiger partial charge in [-0.05, 0) is 48.9 Å². The van der Waals surface area contributed by atoms with Gasteiger partial charge in [-0.15, -0.1) is 17.9 Å². The Labute approximate surface area is 144 Å². The number of rotatable bonds is 5. The van der Waals surface area contributed by atoms with E-state index in [-0.39, 0.29) is 0 Å². The molecule has 0 N–H and O–H groups in total. The summed E-state index contributed by atoms with van der Waals surface area (Å²) in [4.78, 5) is 11.2. The Bertz CT molecular complexity index is 917. The number of nitrogens with zero attached hydrogens (tertiary/aromatic N) is 2. The molecule has 0 saturated heterocycles. The van der Waals surface area contributed by atoms with Crippen LogP contribution >= 0.6 is 11.3 Å². The summed E-state index contributed by atoms with van der Waals surface area (Å²) >= 11 is 1.76. The second-order valence-electron chi connectivity index (χ2n) is 5.80. The molecule has 0 aliphatic heterocycles. The topological polar surface area (TPSA) is 44.2 Å². The first-order valence-corrected chi connectivity index (χ1v) is 8.82. The summed E-state index contributed by atoms with van der Waals surface area (Å²) in [7, 11) is 1.65. The van der Waals surface area contributed by atoms with Gasteiger partial charge in [-0.2, -0.15) is 0 Å². The number of allylic oxidation sites excluding steroid dienone is 1. The van der Waals surface area contributed by atoms with Crippen molar-refractivity contribution in [1.29, 1.82) is 0 Å². The van der Waals surface area contributed by atoms with Crippen LogP contribution in [0, 0.1) is 0 Å². The molecule has 0 saturated carbocycles. The van der Waals surface area contributed by atoms with Crippen LogP contribution in [0.1, 0.15) is 22.4 Å². The number of methoxy groups -OCH3 is 1. The average molecular weight is 338 g/mol. The van der Waals surface area contributed by atoms with Gasteiger partial charge in [0.25, 0.3) is 0 Å². The number of benzene rings is 1. The van der Waals surface area contributed by atoms with Crippen molar-refractivity contribution in [2.24, 2.45) is 0 Å². The predicted molar refractivity (Wildman–Crippen MR) is 96.4 cm³/mol. The van der Waals surface area contributed by atoms with E-state index < -0.39 is 0 Å². The third kappa shape index (κ3) is 2.55. The van der Waals surface area contributed by atoms with Crippen molar-refractivity contribution < 1.29 is 9.47 Å². The Morgan fingerprint density at radius 3 is 3.00 bits per heavy atom. The van der Waals surface area contributed by atoms with Gasteiger partial charge in [-0.1, -0.05) is 12.1 Å². The number of hydrogen-bond donors (Lipinski definition) is 0. The van der Waals surface area contributed by atoms with E-state index >= 15 is 0 Å². The molecule has 4 nitrogen and oxygen atoms in total. The van der Waals surface area contributed by atoms with Crippen LogP contribution in [0.2, 0.25) is 0 Å². The minimum absolute atomic E-state index is 0.620. The summed E-state index contributed by atoms with van der Waals surface area (Å²) in [6.45, 7) is 3.78. The number of hydrogen-bond acceptors (Lipinski definition) is 5. The van der Waals surface area contributed by atoms with Gasteiger partial charge >= 0.3 is 0 Å². The lowest BCUT2D eigenvalue weighted by molar-refractivity contribution is 0.375. The van der Waals surface area contributed by atoms with Crippen molar-refractivity contribution >= 4 is 21.6 Å². The zero-order valence-corrected chi connectivity index (χ0v) is 14.4. The highest BCUT2D eigenvalue weighted by atomic mass is 32.1. The standard InChI is InChI=1S/C19H18N2O2S/c1-3-5-12-8-9-14(15(10-12)22-2)23-18-17-13-6-4-7-16(13)24-19(17)21-11-20-18/h3,8-11H,1,4-7H2,2H3. The Kier molecular flexibility index (Phi) is 3.94. The van der Waals surface area contributed by atoms with E-state index in [1.807, 2.05) is 24.3 Å². The fourth-order valence-corrected chi connectivity index (χ4v) is 4.39. The molecule has 24 heavy (non-hydrogen) atoms. The van der Waals surface area contributed by atoms with Crippen molar-refractivity contribution in [3.05, 3.63) is 53.2 Å². The molecule has 0 spiro atoms. The van der Waals surface area contributed by atoms with Crippen LogP contribution in [-0.2, 0) is 19.3 Å². The molecule has 0 fully saturated rings. The highest BCUT2D eigenvalue weighted by Crippen LogP contribution is 2.42. The molecule has 0 amide bonds. The van der Waals surface area contributed by atoms with Gasteiger partial charge < -0.3 is 9.47 Å². The molecule has 1 aromatic carbocycles. The Balaban J connectivity index is 1.76. The van der Waals surface area contributed by atoms with E-state index in [0.29, 0.717) is 17.4 Å². The number of thiophene rings is 1. The Hall–Kier alpha value is -2.40. The first kappa shape index (κ1) is 15.1. The Morgan fingerprint density at radius 1 is 1.25 bits per heavy atom. The fourth-order valence-electron chi connectivity index (χ4n) is 3.17. The van der Waals surface area contributed by atoms with Crippen LogP contribution in [0.15, 0.2) is 37.2 Å². The highest BCUT2D eigenvalue weighted by Gasteiger charge is 2.22. The summed E-state index contributed by atoms with van der Waals surface area (Å²) in [5, 5.41) is 1.06. The average Bonchev–Trinajstić information content (AvgIpc) is 3.17. The van der Waals surface area contributed by atoms with Crippen LogP contribution in [0.3, 0.4) is 0 Å². The van der Waals surface area contributed by atoms with E-state index in [0.717, 1.165) is 35.0 Å². The van der Waals surface area contributed by atoms with Crippen molar-refractivity contribution in [2.75, 3.05) is 7.11 Å². The van der Waals surface area contributed by atoms with Gasteiger partial charge in [0.15, 0.2) is 11.5 Å². The quantitative estimate of drug-likeness (QED) is 0.632.